The van der Waals surface area contributed by atoms with Crippen molar-refractivity contribution in [1.29, 1.82) is 0 Å². The zero-order valence-corrected chi connectivity index (χ0v) is 11.6. The number of carbonyl (C=O) groups excluding carboxylic acids is 1. The Labute approximate surface area is 115 Å². The van der Waals surface area contributed by atoms with Crippen molar-refractivity contribution in [2.75, 3.05) is 5.73 Å². The second-order valence-electron chi connectivity index (χ2n) is 4.39. The van der Waals surface area contributed by atoms with E-state index >= 15 is 0 Å². The van der Waals surface area contributed by atoms with Gasteiger partial charge >= 0.3 is 0 Å². The first-order chi connectivity index (χ1) is 8.84. The minimum atomic E-state index is -0.389. The highest BCUT2D eigenvalue weighted by atomic mass is 35.5. The molecule has 100 valence electrons. The average molecular weight is 280 g/mol. The molecule has 1 aromatic carbocycles. The van der Waals surface area contributed by atoms with E-state index in [-0.39, 0.29) is 27.8 Å². The van der Waals surface area contributed by atoms with Gasteiger partial charge in [-0.1, -0.05) is 17.7 Å². The third kappa shape index (κ3) is 2.06. The Balaban J connectivity index is 2.60. The fraction of sp³-hybridized carbons (Fsp3) is 0.231. The van der Waals surface area contributed by atoms with E-state index in [1.54, 1.807) is 26.1 Å². The van der Waals surface area contributed by atoms with Crippen LogP contribution in [-0.4, -0.2) is 20.7 Å². The van der Waals surface area contributed by atoms with Crippen LogP contribution in [0.2, 0.25) is 5.02 Å². The number of anilines is 1. The van der Waals surface area contributed by atoms with E-state index in [0.29, 0.717) is 11.4 Å². The second kappa shape index (κ2) is 4.59. The topological polar surface area (TPSA) is 81.1 Å². The molecule has 2 aromatic rings. The van der Waals surface area contributed by atoms with Crippen LogP contribution in [0.1, 0.15) is 27.2 Å². The van der Waals surface area contributed by atoms with Gasteiger partial charge in [-0.15, -0.1) is 0 Å². The highest BCUT2D eigenvalue weighted by Gasteiger charge is 2.24. The summed E-state index contributed by atoms with van der Waals surface area (Å²) in [6, 6.07) is 3.32. The number of hydrogen-bond donors (Lipinski definition) is 2. The number of benzene rings is 1. The first-order valence-corrected chi connectivity index (χ1v) is 6.04. The summed E-state index contributed by atoms with van der Waals surface area (Å²) in [4.78, 5) is 12.4. The van der Waals surface area contributed by atoms with E-state index in [1.165, 1.54) is 4.68 Å². The zero-order valence-electron chi connectivity index (χ0n) is 10.9. The zero-order chi connectivity index (χ0) is 14.3. The Kier molecular flexibility index (Phi) is 3.24. The summed E-state index contributed by atoms with van der Waals surface area (Å²) in [6.07, 6.45) is 0. The number of hydrogen-bond acceptors (Lipinski definition) is 4. The molecule has 0 fully saturated rings. The summed E-state index contributed by atoms with van der Waals surface area (Å²) in [5.74, 6) is -0.572. The molecule has 6 heteroatoms. The van der Waals surface area contributed by atoms with Crippen LogP contribution >= 0.6 is 11.6 Å². The molecule has 0 saturated carbocycles. The Morgan fingerprint density at radius 2 is 2.05 bits per heavy atom. The number of rotatable bonds is 2. The van der Waals surface area contributed by atoms with E-state index in [4.69, 9.17) is 17.3 Å². The number of aromatic nitrogens is 2. The number of aryl methyl sites for hydroxylation is 3. The van der Waals surface area contributed by atoms with Gasteiger partial charge in [-0.3, -0.25) is 4.79 Å². The Morgan fingerprint density at radius 3 is 2.58 bits per heavy atom. The molecule has 19 heavy (non-hydrogen) atoms. The fourth-order valence-corrected chi connectivity index (χ4v) is 2.21. The molecule has 3 N–H and O–H groups in total. The normalized spacial score (nSPS) is 10.7. The van der Waals surface area contributed by atoms with Gasteiger partial charge < -0.3 is 10.8 Å². The van der Waals surface area contributed by atoms with Gasteiger partial charge in [0.2, 0.25) is 11.7 Å². The summed E-state index contributed by atoms with van der Waals surface area (Å²) in [5, 5.41) is 14.1. The summed E-state index contributed by atoms with van der Waals surface area (Å²) in [7, 11) is 1.56. The number of aromatic hydroxyl groups is 1. The minimum absolute atomic E-state index is 0.146. The predicted octanol–water partition coefficient (Wildman–Crippen LogP) is 2.21. The fourth-order valence-electron chi connectivity index (χ4n) is 1.91. The summed E-state index contributed by atoms with van der Waals surface area (Å²) in [5.41, 5.74) is 7.83. The van der Waals surface area contributed by atoms with Crippen LogP contribution in [-0.2, 0) is 7.05 Å². The molecule has 0 saturated heterocycles. The molecule has 1 aromatic heterocycles. The number of ketones is 1. The van der Waals surface area contributed by atoms with Gasteiger partial charge in [-0.25, -0.2) is 4.68 Å². The van der Waals surface area contributed by atoms with Crippen molar-refractivity contribution in [1.82, 2.24) is 9.78 Å². The molecule has 0 atom stereocenters. The lowest BCUT2D eigenvalue weighted by molar-refractivity contribution is 0.103. The standard InChI is InChI=1S/C13H14ClN3O2/c1-6-4-5-8(10(14)11(6)15)12(18)9-7(2)16-17(3)13(9)19/h4-5,19H,15H2,1-3H3. The number of carbonyl (C=O) groups is 1. The molecule has 0 amide bonds. The SMILES string of the molecule is Cc1ccc(C(=O)c2c(C)nn(C)c2O)c(Cl)c1N. The Bertz CT molecular complexity index is 677. The lowest BCUT2D eigenvalue weighted by Gasteiger charge is -2.08. The van der Waals surface area contributed by atoms with Gasteiger partial charge in [-0.2, -0.15) is 5.10 Å². The van der Waals surface area contributed by atoms with Gasteiger partial charge in [0.25, 0.3) is 0 Å². The molecule has 5 nitrogen and oxygen atoms in total. The molecule has 0 aliphatic carbocycles. The minimum Gasteiger partial charge on any atom is -0.493 e. The lowest BCUT2D eigenvalue weighted by atomic mass is 10.0. The molecule has 0 radical (unpaired) electrons. The summed E-state index contributed by atoms with van der Waals surface area (Å²) < 4.78 is 1.24. The third-order valence-corrected chi connectivity index (χ3v) is 3.47. The molecule has 2 rings (SSSR count). The number of nitrogen functional groups attached to an aromatic ring is 1. The number of nitrogens with two attached hydrogens (primary N) is 1. The van der Waals surface area contributed by atoms with E-state index < -0.39 is 0 Å². The van der Waals surface area contributed by atoms with Crippen molar-refractivity contribution in [3.63, 3.8) is 0 Å². The van der Waals surface area contributed by atoms with Crippen LogP contribution in [0, 0.1) is 13.8 Å². The quantitative estimate of drug-likeness (QED) is 0.652. The van der Waals surface area contributed by atoms with Gasteiger partial charge in [0.05, 0.1) is 16.4 Å². The average Bonchev–Trinajstić information content (AvgIpc) is 2.60. The lowest BCUT2D eigenvalue weighted by Crippen LogP contribution is -2.06. The molecule has 0 aliphatic heterocycles. The third-order valence-electron chi connectivity index (χ3n) is 3.06. The number of nitrogens with zero attached hydrogens (tertiary/aromatic N) is 2. The van der Waals surface area contributed by atoms with E-state index in [2.05, 4.69) is 5.10 Å². The van der Waals surface area contributed by atoms with Crippen molar-refractivity contribution in [2.45, 2.75) is 13.8 Å². The number of halogens is 1. The van der Waals surface area contributed by atoms with Gasteiger partial charge in [-0.05, 0) is 25.5 Å². The molecule has 0 bridgehead atoms. The molecule has 0 unspecified atom stereocenters. The summed E-state index contributed by atoms with van der Waals surface area (Å²) in [6.45, 7) is 3.46. The summed E-state index contributed by atoms with van der Waals surface area (Å²) >= 11 is 6.10. The van der Waals surface area contributed by atoms with Crippen molar-refractivity contribution in [3.8, 4) is 5.88 Å². The van der Waals surface area contributed by atoms with Crippen molar-refractivity contribution in [3.05, 3.63) is 39.5 Å². The van der Waals surface area contributed by atoms with E-state index in [0.717, 1.165) is 5.56 Å². The first kappa shape index (κ1) is 13.4. The first-order valence-electron chi connectivity index (χ1n) is 5.66. The molecule has 1 heterocycles. The smallest absolute Gasteiger partial charge is 0.220 e. The van der Waals surface area contributed by atoms with Crippen molar-refractivity contribution < 1.29 is 9.90 Å². The van der Waals surface area contributed by atoms with Crippen LogP contribution in [0.4, 0.5) is 5.69 Å². The van der Waals surface area contributed by atoms with Crippen LogP contribution in [0.25, 0.3) is 0 Å². The van der Waals surface area contributed by atoms with Crippen LogP contribution in [0.5, 0.6) is 5.88 Å². The van der Waals surface area contributed by atoms with E-state index in [1.807, 2.05) is 6.92 Å². The maximum Gasteiger partial charge on any atom is 0.220 e. The predicted molar refractivity (Wildman–Crippen MR) is 73.6 cm³/mol. The highest BCUT2D eigenvalue weighted by molar-refractivity contribution is 6.37. The largest absolute Gasteiger partial charge is 0.493 e. The molecule has 0 spiro atoms. The molecular weight excluding hydrogens is 266 g/mol. The highest BCUT2D eigenvalue weighted by Crippen LogP contribution is 2.31. The Morgan fingerprint density at radius 1 is 1.42 bits per heavy atom. The van der Waals surface area contributed by atoms with Crippen LogP contribution < -0.4 is 5.73 Å². The van der Waals surface area contributed by atoms with Gasteiger partial charge in [0.1, 0.15) is 5.56 Å². The van der Waals surface area contributed by atoms with Gasteiger partial charge in [0, 0.05) is 12.6 Å². The van der Waals surface area contributed by atoms with E-state index in [9.17, 15) is 9.90 Å². The van der Waals surface area contributed by atoms with Gasteiger partial charge in [0.15, 0.2) is 0 Å². The monoisotopic (exact) mass is 279 g/mol. The maximum atomic E-state index is 12.4. The Hall–Kier alpha value is -2.01. The van der Waals surface area contributed by atoms with Crippen molar-refractivity contribution >= 4 is 23.1 Å². The molecule has 0 aliphatic rings. The molecular formula is C13H14ClN3O2. The van der Waals surface area contributed by atoms with Crippen LogP contribution in [0.3, 0.4) is 0 Å². The maximum absolute atomic E-state index is 12.4. The second-order valence-corrected chi connectivity index (χ2v) is 4.77. The van der Waals surface area contributed by atoms with Crippen LogP contribution in [0.15, 0.2) is 12.1 Å². The van der Waals surface area contributed by atoms with Crippen molar-refractivity contribution in [2.24, 2.45) is 7.05 Å².